The van der Waals surface area contributed by atoms with Crippen molar-refractivity contribution < 1.29 is 0 Å². The Morgan fingerprint density at radius 1 is 1.38 bits per heavy atom. The lowest BCUT2D eigenvalue weighted by Gasteiger charge is -2.30. The largest absolute Gasteiger partial charge is 0.301 e. The summed E-state index contributed by atoms with van der Waals surface area (Å²) in [5.74, 6) is 0. The molecule has 0 aromatic rings. The Bertz CT molecular complexity index is 61.3. The van der Waals surface area contributed by atoms with Crippen molar-refractivity contribution in [1.82, 2.24) is 4.90 Å². The monoisotopic (exact) mass is 113 g/mol. The van der Waals surface area contributed by atoms with Crippen LogP contribution in [0.4, 0.5) is 0 Å². The summed E-state index contributed by atoms with van der Waals surface area (Å²) in [6.07, 6.45) is 0. The van der Waals surface area contributed by atoms with Crippen LogP contribution in [-0.2, 0) is 0 Å². The van der Waals surface area contributed by atoms with E-state index in [4.69, 9.17) is 6.92 Å². The molecule has 0 N–H and O–H groups in total. The fourth-order valence-corrected chi connectivity index (χ4v) is 0.274. The smallest absolute Gasteiger partial charge is 0.0122 e. The molecule has 0 amide bonds. The first-order valence-electron chi connectivity index (χ1n) is 2.90. The van der Waals surface area contributed by atoms with Crippen LogP contribution in [0, 0.1) is 6.92 Å². The highest BCUT2D eigenvalue weighted by molar-refractivity contribution is 4.72. The van der Waals surface area contributed by atoms with Crippen LogP contribution < -0.4 is 0 Å². The first-order chi connectivity index (χ1) is 3.48. The van der Waals surface area contributed by atoms with Crippen LogP contribution in [0.5, 0.6) is 0 Å². The molecule has 0 saturated heterocycles. The van der Waals surface area contributed by atoms with Crippen LogP contribution in [0.3, 0.4) is 0 Å². The third-order valence-corrected chi connectivity index (χ3v) is 1.42. The molecule has 8 heavy (non-hydrogen) atoms. The van der Waals surface area contributed by atoms with E-state index in [1.54, 1.807) is 0 Å². The van der Waals surface area contributed by atoms with Crippen LogP contribution in [0.15, 0.2) is 0 Å². The molecule has 0 heterocycles. The highest BCUT2D eigenvalue weighted by Gasteiger charge is 2.13. The van der Waals surface area contributed by atoms with E-state index in [0.29, 0.717) is 6.54 Å². The quantitative estimate of drug-likeness (QED) is 0.497. The van der Waals surface area contributed by atoms with E-state index >= 15 is 0 Å². The van der Waals surface area contributed by atoms with Gasteiger partial charge in [0, 0.05) is 12.1 Å². The standard InChI is InChI=1S/C7H15N/c1-6-8(5)7(2,3)4/h1H,6H2,2-5H3. The van der Waals surface area contributed by atoms with Gasteiger partial charge >= 0.3 is 0 Å². The second-order valence-electron chi connectivity index (χ2n) is 3.05. The van der Waals surface area contributed by atoms with Gasteiger partial charge in [-0.25, -0.2) is 0 Å². The minimum Gasteiger partial charge on any atom is -0.301 e. The molecule has 0 aromatic carbocycles. The minimum absolute atomic E-state index is 0.217. The van der Waals surface area contributed by atoms with Crippen molar-refractivity contribution in [3.63, 3.8) is 0 Å². The van der Waals surface area contributed by atoms with Crippen LogP contribution in [0.2, 0.25) is 0 Å². The maximum absolute atomic E-state index is 5.38. The molecule has 0 bridgehead atoms. The average Bonchev–Trinajstić information content (AvgIpc) is 1.62. The van der Waals surface area contributed by atoms with Crippen molar-refractivity contribution in [3.05, 3.63) is 6.92 Å². The molecule has 48 valence electrons. The van der Waals surface area contributed by atoms with Gasteiger partial charge in [0.2, 0.25) is 0 Å². The Kier molecular flexibility index (Phi) is 2.48. The molecule has 0 spiro atoms. The van der Waals surface area contributed by atoms with Gasteiger partial charge in [0.1, 0.15) is 0 Å². The molecule has 2 radical (unpaired) electrons. The fourth-order valence-electron chi connectivity index (χ4n) is 0.274. The minimum atomic E-state index is 0.217. The fraction of sp³-hybridized carbons (Fsp3) is 0.857. The van der Waals surface area contributed by atoms with Crippen LogP contribution in [-0.4, -0.2) is 24.0 Å². The summed E-state index contributed by atoms with van der Waals surface area (Å²) >= 11 is 0. The molecule has 0 aliphatic carbocycles. The normalized spacial score (nSPS) is 12.8. The summed E-state index contributed by atoms with van der Waals surface area (Å²) in [6.45, 7) is 12.4. The molecule has 1 nitrogen and oxygen atoms in total. The van der Waals surface area contributed by atoms with E-state index < -0.39 is 0 Å². The predicted molar refractivity (Wildman–Crippen MR) is 36.7 cm³/mol. The van der Waals surface area contributed by atoms with Gasteiger partial charge in [0.05, 0.1) is 0 Å². The van der Waals surface area contributed by atoms with E-state index in [0.717, 1.165) is 0 Å². The molecule has 0 aliphatic rings. The predicted octanol–water partition coefficient (Wildman–Crippen LogP) is 1.43. The van der Waals surface area contributed by atoms with Gasteiger partial charge in [-0.2, -0.15) is 0 Å². The summed E-state index contributed by atoms with van der Waals surface area (Å²) in [5.41, 5.74) is 0.217. The van der Waals surface area contributed by atoms with Gasteiger partial charge in [0.25, 0.3) is 0 Å². The summed E-state index contributed by atoms with van der Waals surface area (Å²) in [4.78, 5) is 2.09. The van der Waals surface area contributed by atoms with Gasteiger partial charge in [-0.1, -0.05) is 0 Å². The Balaban J connectivity index is 3.62. The molecular weight excluding hydrogens is 98.1 g/mol. The average molecular weight is 113 g/mol. The summed E-state index contributed by atoms with van der Waals surface area (Å²) in [5, 5.41) is 0. The van der Waals surface area contributed by atoms with Crippen molar-refractivity contribution in [3.8, 4) is 0 Å². The number of rotatable bonds is 1. The van der Waals surface area contributed by atoms with Crippen LogP contribution >= 0.6 is 0 Å². The summed E-state index contributed by atoms with van der Waals surface area (Å²) < 4.78 is 0. The van der Waals surface area contributed by atoms with Gasteiger partial charge in [0.15, 0.2) is 0 Å². The maximum atomic E-state index is 5.38. The summed E-state index contributed by atoms with van der Waals surface area (Å²) in [6, 6.07) is 0. The van der Waals surface area contributed by atoms with Crippen LogP contribution in [0.1, 0.15) is 20.8 Å². The molecular formula is C7H15N. The third kappa shape index (κ3) is 2.31. The highest BCUT2D eigenvalue weighted by atomic mass is 15.1. The zero-order chi connectivity index (χ0) is 6.78. The van der Waals surface area contributed by atoms with E-state index in [1.807, 2.05) is 7.05 Å². The Hall–Kier alpha value is -0.0400. The zero-order valence-corrected chi connectivity index (χ0v) is 6.23. The molecule has 0 unspecified atom stereocenters. The Morgan fingerprint density at radius 3 is 1.75 bits per heavy atom. The van der Waals surface area contributed by atoms with Gasteiger partial charge in [-0.3, -0.25) is 0 Å². The van der Waals surface area contributed by atoms with Crippen molar-refractivity contribution >= 4 is 0 Å². The molecule has 0 fully saturated rings. The SMILES string of the molecule is [CH]CN(C)C(C)(C)C. The molecule has 0 aromatic heterocycles. The molecule has 0 atom stereocenters. The molecule has 1 heteroatoms. The van der Waals surface area contributed by atoms with Crippen LogP contribution in [0.25, 0.3) is 0 Å². The first kappa shape index (κ1) is 7.96. The van der Waals surface area contributed by atoms with Gasteiger partial charge in [-0.05, 0) is 34.7 Å². The topological polar surface area (TPSA) is 3.24 Å². The van der Waals surface area contributed by atoms with Crippen molar-refractivity contribution in [1.29, 1.82) is 0 Å². The van der Waals surface area contributed by atoms with Gasteiger partial charge in [-0.15, -0.1) is 0 Å². The van der Waals surface area contributed by atoms with E-state index in [-0.39, 0.29) is 5.54 Å². The maximum Gasteiger partial charge on any atom is 0.0122 e. The third-order valence-electron chi connectivity index (χ3n) is 1.42. The van der Waals surface area contributed by atoms with Gasteiger partial charge < -0.3 is 4.90 Å². The highest BCUT2D eigenvalue weighted by Crippen LogP contribution is 2.08. The first-order valence-corrected chi connectivity index (χ1v) is 2.90. The summed E-state index contributed by atoms with van der Waals surface area (Å²) in [7, 11) is 2.01. The van der Waals surface area contributed by atoms with E-state index in [1.165, 1.54) is 0 Å². The molecule has 0 aliphatic heterocycles. The number of hydrogen-bond acceptors (Lipinski definition) is 1. The molecule has 0 saturated carbocycles. The molecule has 0 rings (SSSR count). The zero-order valence-electron chi connectivity index (χ0n) is 6.23. The lowest BCUT2D eigenvalue weighted by atomic mass is 10.1. The Labute approximate surface area is 52.7 Å². The van der Waals surface area contributed by atoms with Crippen molar-refractivity contribution in [2.24, 2.45) is 0 Å². The Morgan fingerprint density at radius 2 is 1.75 bits per heavy atom. The number of hydrogen-bond donors (Lipinski definition) is 0. The number of nitrogens with zero attached hydrogens (tertiary/aromatic N) is 1. The lowest BCUT2D eigenvalue weighted by Crippen LogP contribution is -2.37. The van der Waals surface area contributed by atoms with Crippen molar-refractivity contribution in [2.75, 3.05) is 13.6 Å². The second-order valence-corrected chi connectivity index (χ2v) is 3.05. The van der Waals surface area contributed by atoms with E-state index in [9.17, 15) is 0 Å². The van der Waals surface area contributed by atoms with Crippen molar-refractivity contribution in [2.45, 2.75) is 26.3 Å². The van der Waals surface area contributed by atoms with E-state index in [2.05, 4.69) is 25.7 Å². The second kappa shape index (κ2) is 2.49. The lowest BCUT2D eigenvalue weighted by molar-refractivity contribution is 0.194.